The van der Waals surface area contributed by atoms with Crippen molar-refractivity contribution in [1.29, 1.82) is 0 Å². The van der Waals surface area contributed by atoms with Crippen molar-refractivity contribution >= 4 is 20.0 Å². The molecular weight excluding hydrogens is 351 g/mol. The molecule has 2 N–H and O–H groups in total. The van der Waals surface area contributed by atoms with Crippen LogP contribution in [0.4, 0.5) is 0 Å². The number of nitrogens with one attached hydrogen (secondary N) is 2. The summed E-state index contributed by atoms with van der Waals surface area (Å²) in [6.07, 6.45) is 4.40. The Hall–Kier alpha value is -1.64. The van der Waals surface area contributed by atoms with Crippen LogP contribution in [0.3, 0.4) is 0 Å². The third-order valence-corrected chi connectivity index (χ3v) is 5.96. The lowest BCUT2D eigenvalue weighted by Crippen LogP contribution is -2.30. The first-order chi connectivity index (χ1) is 13.1. The lowest BCUT2D eigenvalue weighted by atomic mass is 9.97. The highest BCUT2D eigenvalue weighted by Gasteiger charge is 2.18. The Morgan fingerprint density at radius 3 is 2.70 bits per heavy atom. The fourth-order valence-electron chi connectivity index (χ4n) is 3.37. The van der Waals surface area contributed by atoms with E-state index in [9.17, 15) is 0 Å². The first-order valence-electron chi connectivity index (χ1n) is 9.82. The van der Waals surface area contributed by atoms with Crippen molar-refractivity contribution in [2.24, 2.45) is 4.99 Å². The molecule has 0 saturated carbocycles. The zero-order chi connectivity index (χ0) is 19.6. The summed E-state index contributed by atoms with van der Waals surface area (Å²) in [6.45, 7) is 14.0. The molecule has 0 aliphatic carbocycles. The number of benzene rings is 1. The number of nitrogens with zero attached hydrogens (tertiary/aromatic N) is 2. The largest absolute Gasteiger partial charge is 0.381 e. The number of hydrogen-bond acceptors (Lipinski definition) is 4. The molecule has 0 spiro atoms. The monoisotopic (exact) mass is 386 g/mol. The summed E-state index contributed by atoms with van der Waals surface area (Å²) in [4.78, 5) is 6.87. The van der Waals surface area contributed by atoms with Crippen LogP contribution < -0.4 is 10.6 Å². The second-order valence-corrected chi connectivity index (χ2v) is 8.36. The first kappa shape index (κ1) is 21.7. The molecule has 1 aliphatic rings. The van der Waals surface area contributed by atoms with Crippen LogP contribution in [0.2, 0.25) is 0 Å². The van der Waals surface area contributed by atoms with Crippen LogP contribution in [0.15, 0.2) is 48.1 Å². The Bertz CT molecular complexity index is 662. The van der Waals surface area contributed by atoms with Crippen molar-refractivity contribution < 1.29 is 0 Å². The van der Waals surface area contributed by atoms with Crippen molar-refractivity contribution in [3.05, 3.63) is 54.2 Å². The van der Waals surface area contributed by atoms with Gasteiger partial charge in [-0.2, -0.15) is 0 Å². The Labute approximate surface area is 167 Å². The molecule has 1 aromatic carbocycles. The molecule has 4 nitrogen and oxygen atoms in total. The third-order valence-electron chi connectivity index (χ3n) is 5.10. The van der Waals surface area contributed by atoms with Crippen molar-refractivity contribution in [2.45, 2.75) is 25.3 Å². The molecule has 0 radical (unpaired) electrons. The summed E-state index contributed by atoms with van der Waals surface area (Å²) in [7, 11) is 5.02. The highest BCUT2D eigenvalue weighted by atomic mass is 31.1. The number of allylic oxidation sites excluding steroid dienone is 1. The number of rotatable bonds is 11. The summed E-state index contributed by atoms with van der Waals surface area (Å²) >= 11 is 0. The van der Waals surface area contributed by atoms with Gasteiger partial charge in [0.1, 0.15) is 0 Å². The molecule has 1 fully saturated rings. The fourth-order valence-corrected chi connectivity index (χ4v) is 3.89. The van der Waals surface area contributed by atoms with Gasteiger partial charge in [-0.1, -0.05) is 37.4 Å². The van der Waals surface area contributed by atoms with Gasteiger partial charge in [-0.25, -0.2) is 0 Å². The van der Waals surface area contributed by atoms with Crippen molar-refractivity contribution in [3.8, 4) is 0 Å². The van der Waals surface area contributed by atoms with E-state index in [2.05, 4.69) is 71.7 Å². The van der Waals surface area contributed by atoms with Crippen molar-refractivity contribution in [1.82, 2.24) is 15.5 Å². The quantitative estimate of drug-likeness (QED) is 0.347. The van der Waals surface area contributed by atoms with Gasteiger partial charge >= 0.3 is 0 Å². The second-order valence-electron chi connectivity index (χ2n) is 7.15. The highest BCUT2D eigenvalue weighted by molar-refractivity contribution is 7.36. The van der Waals surface area contributed by atoms with Crippen LogP contribution in [0.5, 0.6) is 0 Å². The minimum absolute atomic E-state index is 0.452. The summed E-state index contributed by atoms with van der Waals surface area (Å²) in [6, 6.07) is 8.87. The van der Waals surface area contributed by atoms with E-state index in [1.54, 1.807) is 0 Å². The molecule has 0 aromatic heterocycles. The Morgan fingerprint density at radius 1 is 1.33 bits per heavy atom. The molecule has 148 valence electrons. The molecule has 2 rings (SSSR count). The van der Waals surface area contributed by atoms with Crippen LogP contribution in [0.1, 0.15) is 30.4 Å². The average Bonchev–Trinajstić information content (AvgIpc) is 3.19. The molecule has 1 heterocycles. The molecule has 1 aromatic rings. The lowest BCUT2D eigenvalue weighted by molar-refractivity contribution is 0.415. The molecule has 5 heteroatoms. The molecule has 1 aliphatic heterocycles. The van der Waals surface area contributed by atoms with Crippen molar-refractivity contribution in [2.75, 3.05) is 46.6 Å². The number of aliphatic imine (C=N–C) groups is 1. The van der Waals surface area contributed by atoms with Crippen LogP contribution in [-0.4, -0.2) is 63.2 Å². The summed E-state index contributed by atoms with van der Waals surface area (Å²) in [5.41, 5.74) is 5.43. The normalized spacial score (nSPS) is 17.4. The van der Waals surface area contributed by atoms with Crippen LogP contribution in [0.25, 0.3) is 5.70 Å². The second kappa shape index (κ2) is 11.3. The SMILES string of the molecule is C=C(NC1CCNC1)c1ccccc1C(CC(=C)N(C)CCCPC)=NC. The molecule has 1 saturated heterocycles. The molecule has 0 amide bonds. The predicted octanol–water partition coefficient (Wildman–Crippen LogP) is 3.56. The van der Waals surface area contributed by atoms with Gasteiger partial charge in [-0.05, 0) is 32.2 Å². The predicted molar refractivity (Wildman–Crippen MR) is 122 cm³/mol. The maximum Gasteiger partial charge on any atom is 0.0482 e. The van der Waals surface area contributed by atoms with E-state index in [0.29, 0.717) is 6.04 Å². The zero-order valence-corrected chi connectivity index (χ0v) is 18.1. The van der Waals surface area contributed by atoms with Crippen LogP contribution in [-0.2, 0) is 0 Å². The van der Waals surface area contributed by atoms with Gasteiger partial charge in [0.2, 0.25) is 0 Å². The van der Waals surface area contributed by atoms with E-state index in [1.165, 1.54) is 12.6 Å². The van der Waals surface area contributed by atoms with Gasteiger partial charge in [-0.15, -0.1) is 8.58 Å². The standard InChI is InChI=1S/C22H35N4P/c1-17(26(4)13-8-14-27-5)15-22(23-3)21-10-7-6-9-20(21)18(2)25-19-11-12-24-16-19/h6-7,9-10,19,24-25,27H,1-2,8,11-16H2,3-5H3. The summed E-state index contributed by atoms with van der Waals surface area (Å²) < 4.78 is 0. The van der Waals surface area contributed by atoms with Gasteiger partial charge in [0, 0.05) is 67.9 Å². The van der Waals surface area contributed by atoms with Gasteiger partial charge in [0.15, 0.2) is 0 Å². The zero-order valence-electron chi connectivity index (χ0n) is 17.1. The Kier molecular flexibility index (Phi) is 9.03. The third kappa shape index (κ3) is 6.48. The average molecular weight is 387 g/mol. The van der Waals surface area contributed by atoms with Gasteiger partial charge < -0.3 is 15.5 Å². The highest BCUT2D eigenvalue weighted by Crippen LogP contribution is 2.21. The minimum Gasteiger partial charge on any atom is -0.381 e. The molecule has 0 bridgehead atoms. The summed E-state index contributed by atoms with van der Waals surface area (Å²) in [5, 5.41) is 6.97. The van der Waals surface area contributed by atoms with E-state index in [4.69, 9.17) is 0 Å². The van der Waals surface area contributed by atoms with Crippen molar-refractivity contribution in [3.63, 3.8) is 0 Å². The maximum absolute atomic E-state index is 4.60. The molecular formula is C22H35N4P. The van der Waals surface area contributed by atoms with Gasteiger partial charge in [0.25, 0.3) is 0 Å². The molecule has 2 unspecified atom stereocenters. The van der Waals surface area contributed by atoms with E-state index >= 15 is 0 Å². The first-order valence-corrected chi connectivity index (χ1v) is 11.5. The molecule has 27 heavy (non-hydrogen) atoms. The number of hydrogen-bond donors (Lipinski definition) is 2. The maximum atomic E-state index is 4.60. The molecule has 2 atom stereocenters. The van der Waals surface area contributed by atoms with E-state index in [0.717, 1.165) is 69.3 Å². The Morgan fingerprint density at radius 2 is 2.07 bits per heavy atom. The minimum atomic E-state index is 0.452. The van der Waals surface area contributed by atoms with Crippen LogP contribution >= 0.6 is 8.58 Å². The summed E-state index contributed by atoms with van der Waals surface area (Å²) in [5.74, 6) is 0. The van der Waals surface area contributed by atoms with E-state index in [1.807, 2.05) is 7.05 Å². The van der Waals surface area contributed by atoms with Gasteiger partial charge in [-0.3, -0.25) is 4.99 Å². The Balaban J connectivity index is 2.08. The van der Waals surface area contributed by atoms with Gasteiger partial charge in [0.05, 0.1) is 0 Å². The topological polar surface area (TPSA) is 39.7 Å². The van der Waals surface area contributed by atoms with E-state index < -0.39 is 0 Å². The van der Waals surface area contributed by atoms with E-state index in [-0.39, 0.29) is 0 Å². The smallest absolute Gasteiger partial charge is 0.0482 e. The van der Waals surface area contributed by atoms with Crippen LogP contribution in [0, 0.1) is 0 Å². The fraction of sp³-hybridized carbons (Fsp3) is 0.500. The lowest BCUT2D eigenvalue weighted by Gasteiger charge is -2.23.